The molecule has 5 heteroatoms. The standard InChI is InChI=1S/C11H16N2O3/c1-13(7-3-6-12)10(14)8-4-2-5-9(8)11(15)16/h8-9H,2-5,7H2,1H3,(H,15,16)/t8-,9+/m1/s1. The lowest BCUT2D eigenvalue weighted by Crippen LogP contribution is -2.37. The Kier molecular flexibility index (Phi) is 4.29. The Balaban J connectivity index is 2.59. The van der Waals surface area contributed by atoms with Crippen LogP contribution in [0.3, 0.4) is 0 Å². The molecule has 1 amide bonds. The second kappa shape index (κ2) is 5.50. The van der Waals surface area contributed by atoms with Crippen molar-refractivity contribution in [2.24, 2.45) is 11.8 Å². The van der Waals surface area contributed by atoms with Crippen LogP contribution < -0.4 is 0 Å². The first kappa shape index (κ1) is 12.5. The minimum atomic E-state index is -0.885. The minimum Gasteiger partial charge on any atom is -0.481 e. The van der Waals surface area contributed by atoms with Gasteiger partial charge in [0.15, 0.2) is 0 Å². The van der Waals surface area contributed by atoms with Crippen LogP contribution in [0.25, 0.3) is 0 Å². The van der Waals surface area contributed by atoms with Gasteiger partial charge in [0.05, 0.1) is 24.3 Å². The topological polar surface area (TPSA) is 81.4 Å². The van der Waals surface area contributed by atoms with Crippen LogP contribution in [0.15, 0.2) is 0 Å². The van der Waals surface area contributed by atoms with Gasteiger partial charge in [-0.25, -0.2) is 0 Å². The molecule has 16 heavy (non-hydrogen) atoms. The van der Waals surface area contributed by atoms with Crippen molar-refractivity contribution in [3.8, 4) is 6.07 Å². The third-order valence-corrected chi connectivity index (χ3v) is 3.09. The molecule has 1 rings (SSSR count). The van der Waals surface area contributed by atoms with E-state index in [1.807, 2.05) is 6.07 Å². The number of amides is 1. The number of nitriles is 1. The molecule has 0 saturated heterocycles. The molecule has 1 aliphatic rings. The van der Waals surface area contributed by atoms with Crippen molar-refractivity contribution >= 4 is 11.9 Å². The number of aliphatic carboxylic acids is 1. The Morgan fingerprint density at radius 2 is 2.06 bits per heavy atom. The van der Waals surface area contributed by atoms with Crippen LogP contribution in [0.4, 0.5) is 0 Å². The summed E-state index contributed by atoms with van der Waals surface area (Å²) in [6.07, 6.45) is 2.30. The van der Waals surface area contributed by atoms with Crippen LogP contribution >= 0.6 is 0 Å². The van der Waals surface area contributed by atoms with Gasteiger partial charge in [-0.05, 0) is 12.8 Å². The van der Waals surface area contributed by atoms with Gasteiger partial charge in [-0.2, -0.15) is 5.26 Å². The summed E-state index contributed by atoms with van der Waals surface area (Å²) in [5.74, 6) is -1.97. The van der Waals surface area contributed by atoms with Crippen molar-refractivity contribution in [3.05, 3.63) is 0 Å². The molecule has 1 fully saturated rings. The molecule has 0 aliphatic heterocycles. The lowest BCUT2D eigenvalue weighted by molar-refractivity contribution is -0.148. The number of carbonyl (C=O) groups is 2. The summed E-state index contributed by atoms with van der Waals surface area (Å²) in [5.41, 5.74) is 0. The highest BCUT2D eigenvalue weighted by molar-refractivity contribution is 5.85. The fourth-order valence-corrected chi connectivity index (χ4v) is 2.16. The average Bonchev–Trinajstić information content (AvgIpc) is 2.73. The second-order valence-electron chi connectivity index (χ2n) is 4.15. The lowest BCUT2D eigenvalue weighted by atomic mass is 9.95. The Labute approximate surface area is 94.7 Å². The van der Waals surface area contributed by atoms with Gasteiger partial charge in [-0.3, -0.25) is 9.59 Å². The van der Waals surface area contributed by atoms with Gasteiger partial charge in [0.1, 0.15) is 0 Å². The van der Waals surface area contributed by atoms with E-state index in [9.17, 15) is 9.59 Å². The summed E-state index contributed by atoms with van der Waals surface area (Å²) in [6, 6.07) is 1.97. The maximum Gasteiger partial charge on any atom is 0.307 e. The fourth-order valence-electron chi connectivity index (χ4n) is 2.16. The van der Waals surface area contributed by atoms with Gasteiger partial charge in [0.25, 0.3) is 0 Å². The second-order valence-corrected chi connectivity index (χ2v) is 4.15. The largest absolute Gasteiger partial charge is 0.481 e. The van der Waals surface area contributed by atoms with Gasteiger partial charge in [0.2, 0.25) is 5.91 Å². The molecule has 0 unspecified atom stereocenters. The third-order valence-electron chi connectivity index (χ3n) is 3.09. The van der Waals surface area contributed by atoms with Crippen molar-refractivity contribution in [2.75, 3.05) is 13.6 Å². The molecule has 1 N–H and O–H groups in total. The van der Waals surface area contributed by atoms with Gasteiger partial charge >= 0.3 is 5.97 Å². The molecule has 0 bridgehead atoms. The molecular weight excluding hydrogens is 208 g/mol. The molecule has 1 saturated carbocycles. The predicted octanol–water partition coefficient (Wildman–Crippen LogP) is 0.859. The minimum absolute atomic E-state index is 0.139. The highest BCUT2D eigenvalue weighted by Gasteiger charge is 2.38. The number of carbonyl (C=O) groups excluding carboxylic acids is 1. The normalized spacial score (nSPS) is 23.8. The first-order valence-electron chi connectivity index (χ1n) is 5.42. The van der Waals surface area contributed by atoms with Gasteiger partial charge in [-0.15, -0.1) is 0 Å². The van der Waals surface area contributed by atoms with Crippen LogP contribution in [0.5, 0.6) is 0 Å². The highest BCUT2D eigenvalue weighted by Crippen LogP contribution is 2.33. The fraction of sp³-hybridized carbons (Fsp3) is 0.727. The van der Waals surface area contributed by atoms with Gasteiger partial charge in [-0.1, -0.05) is 6.42 Å². The van der Waals surface area contributed by atoms with E-state index >= 15 is 0 Å². The van der Waals surface area contributed by atoms with Crippen LogP contribution in [-0.2, 0) is 9.59 Å². The predicted molar refractivity (Wildman–Crippen MR) is 56.3 cm³/mol. The lowest BCUT2D eigenvalue weighted by Gasteiger charge is -2.22. The van der Waals surface area contributed by atoms with Crippen molar-refractivity contribution < 1.29 is 14.7 Å². The molecule has 2 atom stereocenters. The highest BCUT2D eigenvalue weighted by atomic mass is 16.4. The summed E-state index contributed by atoms with van der Waals surface area (Å²) in [7, 11) is 1.62. The summed E-state index contributed by atoms with van der Waals surface area (Å²) in [6.45, 7) is 0.373. The van der Waals surface area contributed by atoms with Crippen molar-refractivity contribution in [3.63, 3.8) is 0 Å². The molecular formula is C11H16N2O3. The quantitative estimate of drug-likeness (QED) is 0.767. The number of carboxylic acids is 1. The van der Waals surface area contributed by atoms with Crippen molar-refractivity contribution in [1.29, 1.82) is 5.26 Å². The van der Waals surface area contributed by atoms with E-state index in [-0.39, 0.29) is 12.3 Å². The van der Waals surface area contributed by atoms with Crippen LogP contribution in [0.1, 0.15) is 25.7 Å². The summed E-state index contributed by atoms with van der Waals surface area (Å²) >= 11 is 0. The van der Waals surface area contributed by atoms with E-state index in [1.165, 1.54) is 4.90 Å². The Morgan fingerprint density at radius 3 is 2.62 bits per heavy atom. The van der Waals surface area contributed by atoms with E-state index in [0.29, 0.717) is 19.4 Å². The third kappa shape index (κ3) is 2.72. The molecule has 0 radical (unpaired) electrons. The van der Waals surface area contributed by atoms with Crippen LogP contribution in [-0.4, -0.2) is 35.5 Å². The first-order chi connectivity index (χ1) is 7.57. The summed E-state index contributed by atoms with van der Waals surface area (Å²) in [5, 5.41) is 17.4. The van der Waals surface area contributed by atoms with Crippen molar-refractivity contribution in [2.45, 2.75) is 25.7 Å². The Hall–Kier alpha value is -1.57. The zero-order valence-corrected chi connectivity index (χ0v) is 9.35. The molecule has 0 aromatic rings. The molecule has 5 nitrogen and oxygen atoms in total. The smallest absolute Gasteiger partial charge is 0.307 e. The number of hydrogen-bond donors (Lipinski definition) is 1. The molecule has 88 valence electrons. The number of rotatable bonds is 4. The van der Waals surface area contributed by atoms with Crippen LogP contribution in [0, 0.1) is 23.2 Å². The summed E-state index contributed by atoms with van der Waals surface area (Å²) in [4.78, 5) is 24.3. The first-order valence-corrected chi connectivity index (χ1v) is 5.42. The number of carboxylic acid groups (broad SMARTS) is 1. The monoisotopic (exact) mass is 224 g/mol. The van der Waals surface area contributed by atoms with Crippen molar-refractivity contribution in [1.82, 2.24) is 4.90 Å². The molecule has 0 heterocycles. The van der Waals surface area contributed by atoms with E-state index in [2.05, 4.69) is 0 Å². The maximum atomic E-state index is 11.9. The van der Waals surface area contributed by atoms with E-state index in [0.717, 1.165) is 6.42 Å². The molecule has 0 aromatic heterocycles. The summed E-state index contributed by atoms with van der Waals surface area (Å²) < 4.78 is 0. The molecule has 0 aromatic carbocycles. The zero-order valence-electron chi connectivity index (χ0n) is 9.35. The zero-order chi connectivity index (χ0) is 12.1. The van der Waals surface area contributed by atoms with E-state index < -0.39 is 17.8 Å². The number of nitrogens with zero attached hydrogens (tertiary/aromatic N) is 2. The Morgan fingerprint density at radius 1 is 1.44 bits per heavy atom. The molecule has 0 spiro atoms. The van der Waals surface area contributed by atoms with Gasteiger partial charge < -0.3 is 10.0 Å². The van der Waals surface area contributed by atoms with E-state index in [1.54, 1.807) is 7.05 Å². The SMILES string of the molecule is CN(CCC#N)C(=O)[C@@H]1CCC[C@@H]1C(=O)O. The van der Waals surface area contributed by atoms with Crippen LogP contribution in [0.2, 0.25) is 0 Å². The molecule has 1 aliphatic carbocycles. The Bertz CT molecular complexity index is 322. The average molecular weight is 224 g/mol. The number of hydrogen-bond acceptors (Lipinski definition) is 3. The van der Waals surface area contributed by atoms with Gasteiger partial charge in [0, 0.05) is 13.6 Å². The van der Waals surface area contributed by atoms with E-state index in [4.69, 9.17) is 10.4 Å². The maximum absolute atomic E-state index is 11.9.